The fourth-order valence-corrected chi connectivity index (χ4v) is 2.43. The number of benzene rings is 1. The van der Waals surface area contributed by atoms with Gasteiger partial charge in [-0.1, -0.05) is 12.1 Å². The molecule has 1 heterocycles. The maximum Gasteiger partial charge on any atom is 0.471 e. The molecular weight excluding hydrogens is 324 g/mol. The maximum absolute atomic E-state index is 13.9. The van der Waals surface area contributed by atoms with Gasteiger partial charge in [-0.2, -0.15) is 13.2 Å². The van der Waals surface area contributed by atoms with Crippen LogP contribution in [0.25, 0.3) is 0 Å². The van der Waals surface area contributed by atoms with Gasteiger partial charge < -0.3 is 10.6 Å². The summed E-state index contributed by atoms with van der Waals surface area (Å²) in [5.41, 5.74) is 0.970. The van der Waals surface area contributed by atoms with E-state index in [4.69, 9.17) is 0 Å². The first-order valence-corrected chi connectivity index (χ1v) is 6.72. The van der Waals surface area contributed by atoms with E-state index in [1.54, 1.807) is 11.4 Å². The third-order valence-corrected chi connectivity index (χ3v) is 3.55. The molecule has 2 N–H and O–H groups in total. The van der Waals surface area contributed by atoms with Gasteiger partial charge in [0.25, 0.3) is 0 Å². The van der Waals surface area contributed by atoms with Crippen molar-refractivity contribution < 1.29 is 22.4 Å². The number of hydrogen-bond acceptors (Lipinski definition) is 2. The van der Waals surface area contributed by atoms with Crippen molar-refractivity contribution in [1.29, 1.82) is 0 Å². The molecule has 2 rings (SSSR count). The van der Waals surface area contributed by atoms with Gasteiger partial charge in [0, 0.05) is 6.54 Å². The summed E-state index contributed by atoms with van der Waals surface area (Å²) in [4.78, 5) is 10.8. The standard InChI is InChI=1S/C14H16F4N2O.ClH/c15-12-2-1-9(8-20-13(21)14(16,17)18)7-11(12)10-3-5-19-6-4-10;/h1-2,7,10,19H,3-6,8H2,(H,20,21);1H. The highest BCUT2D eigenvalue weighted by atomic mass is 35.5. The van der Waals surface area contributed by atoms with E-state index >= 15 is 0 Å². The van der Waals surface area contributed by atoms with Crippen molar-refractivity contribution in [3.05, 3.63) is 35.1 Å². The molecular formula is C14H17ClF4N2O. The van der Waals surface area contributed by atoms with E-state index in [1.165, 1.54) is 12.1 Å². The molecule has 8 heteroatoms. The number of hydrogen-bond donors (Lipinski definition) is 2. The number of halogens is 5. The molecule has 3 nitrogen and oxygen atoms in total. The second kappa shape index (κ2) is 7.78. The Morgan fingerprint density at radius 1 is 1.27 bits per heavy atom. The number of carbonyl (C=O) groups is 1. The Hall–Kier alpha value is -1.34. The van der Waals surface area contributed by atoms with Gasteiger partial charge in [0.05, 0.1) is 0 Å². The second-order valence-corrected chi connectivity index (χ2v) is 5.06. The van der Waals surface area contributed by atoms with E-state index in [9.17, 15) is 22.4 Å². The zero-order valence-electron chi connectivity index (χ0n) is 11.7. The van der Waals surface area contributed by atoms with Crippen LogP contribution in [0, 0.1) is 5.82 Å². The Kier molecular flexibility index (Phi) is 6.62. The van der Waals surface area contributed by atoms with Gasteiger partial charge in [0.1, 0.15) is 5.82 Å². The minimum atomic E-state index is -4.90. The van der Waals surface area contributed by atoms with E-state index in [2.05, 4.69) is 5.32 Å². The first-order valence-electron chi connectivity index (χ1n) is 6.72. The molecule has 0 unspecified atom stereocenters. The van der Waals surface area contributed by atoms with Crippen molar-refractivity contribution in [2.45, 2.75) is 31.5 Å². The molecule has 1 aromatic carbocycles. The lowest BCUT2D eigenvalue weighted by Crippen LogP contribution is -2.36. The molecule has 1 aliphatic rings. The molecule has 22 heavy (non-hydrogen) atoms. The Morgan fingerprint density at radius 2 is 1.91 bits per heavy atom. The van der Waals surface area contributed by atoms with E-state index in [0.717, 1.165) is 25.9 Å². The van der Waals surface area contributed by atoms with Crippen molar-refractivity contribution in [2.24, 2.45) is 0 Å². The van der Waals surface area contributed by atoms with Crippen LogP contribution in [0.4, 0.5) is 17.6 Å². The van der Waals surface area contributed by atoms with E-state index < -0.39 is 12.1 Å². The molecule has 1 amide bonds. The van der Waals surface area contributed by atoms with Gasteiger partial charge in [-0.05, 0) is 49.0 Å². The molecule has 0 bridgehead atoms. The smallest absolute Gasteiger partial charge is 0.344 e. The highest BCUT2D eigenvalue weighted by Gasteiger charge is 2.38. The Morgan fingerprint density at radius 3 is 2.50 bits per heavy atom. The Labute approximate surface area is 131 Å². The van der Waals surface area contributed by atoms with Crippen LogP contribution in [0.1, 0.15) is 29.9 Å². The van der Waals surface area contributed by atoms with E-state index in [-0.39, 0.29) is 30.7 Å². The number of amides is 1. The number of nitrogens with one attached hydrogen (secondary N) is 2. The molecule has 0 aromatic heterocycles. The van der Waals surface area contributed by atoms with Crippen LogP contribution in [-0.4, -0.2) is 25.2 Å². The third kappa shape index (κ3) is 4.84. The van der Waals surface area contributed by atoms with Crippen molar-refractivity contribution in [2.75, 3.05) is 13.1 Å². The van der Waals surface area contributed by atoms with Gasteiger partial charge in [0.15, 0.2) is 0 Å². The van der Waals surface area contributed by atoms with Gasteiger partial charge in [-0.15, -0.1) is 12.4 Å². The normalized spacial score (nSPS) is 16.0. The first-order chi connectivity index (χ1) is 9.88. The molecule has 1 saturated heterocycles. The minimum absolute atomic E-state index is 0. The first kappa shape index (κ1) is 18.7. The zero-order valence-corrected chi connectivity index (χ0v) is 12.5. The number of rotatable bonds is 3. The van der Waals surface area contributed by atoms with Gasteiger partial charge in [-0.3, -0.25) is 4.79 Å². The fourth-order valence-electron chi connectivity index (χ4n) is 2.43. The summed E-state index contributed by atoms with van der Waals surface area (Å²) in [7, 11) is 0. The van der Waals surface area contributed by atoms with Crippen LogP contribution in [0.15, 0.2) is 18.2 Å². The zero-order chi connectivity index (χ0) is 15.5. The third-order valence-electron chi connectivity index (χ3n) is 3.55. The summed E-state index contributed by atoms with van der Waals surface area (Å²) >= 11 is 0. The molecule has 0 radical (unpaired) electrons. The molecule has 1 aromatic rings. The largest absolute Gasteiger partial charge is 0.471 e. The van der Waals surface area contributed by atoms with Gasteiger partial charge >= 0.3 is 12.1 Å². The molecule has 0 spiro atoms. The molecule has 1 fully saturated rings. The SMILES string of the molecule is Cl.O=C(NCc1ccc(F)c(C2CCNCC2)c1)C(F)(F)F. The predicted octanol–water partition coefficient (Wildman–Crippen LogP) is 2.89. The number of alkyl halides is 3. The lowest BCUT2D eigenvalue weighted by molar-refractivity contribution is -0.173. The average molecular weight is 341 g/mol. The minimum Gasteiger partial charge on any atom is -0.344 e. The second-order valence-electron chi connectivity index (χ2n) is 5.06. The molecule has 0 saturated carbocycles. The summed E-state index contributed by atoms with van der Waals surface area (Å²) < 4.78 is 50.2. The summed E-state index contributed by atoms with van der Waals surface area (Å²) in [6.07, 6.45) is -3.33. The van der Waals surface area contributed by atoms with Gasteiger partial charge in [0.2, 0.25) is 0 Å². The lowest BCUT2D eigenvalue weighted by atomic mass is 9.89. The molecule has 0 atom stereocenters. The topological polar surface area (TPSA) is 41.1 Å². The van der Waals surface area contributed by atoms with Crippen LogP contribution in [-0.2, 0) is 11.3 Å². The lowest BCUT2D eigenvalue weighted by Gasteiger charge is -2.24. The Balaban J connectivity index is 0.00000242. The van der Waals surface area contributed by atoms with E-state index in [1.807, 2.05) is 0 Å². The van der Waals surface area contributed by atoms with Crippen molar-refractivity contribution in [3.8, 4) is 0 Å². The summed E-state index contributed by atoms with van der Waals surface area (Å²) in [6, 6.07) is 4.17. The van der Waals surface area contributed by atoms with Crippen molar-refractivity contribution in [3.63, 3.8) is 0 Å². The van der Waals surface area contributed by atoms with Crippen molar-refractivity contribution in [1.82, 2.24) is 10.6 Å². The predicted molar refractivity (Wildman–Crippen MR) is 76.4 cm³/mol. The van der Waals surface area contributed by atoms with Crippen molar-refractivity contribution >= 4 is 18.3 Å². The molecule has 124 valence electrons. The van der Waals surface area contributed by atoms with Crippen LogP contribution in [0.3, 0.4) is 0 Å². The fraction of sp³-hybridized carbons (Fsp3) is 0.500. The molecule has 0 aliphatic carbocycles. The number of piperidine rings is 1. The maximum atomic E-state index is 13.9. The highest BCUT2D eigenvalue weighted by molar-refractivity contribution is 5.85. The van der Waals surface area contributed by atoms with Crippen LogP contribution < -0.4 is 10.6 Å². The number of carbonyl (C=O) groups excluding carboxylic acids is 1. The summed E-state index contributed by atoms with van der Waals surface area (Å²) in [6.45, 7) is 1.31. The molecule has 1 aliphatic heterocycles. The van der Waals surface area contributed by atoms with Gasteiger partial charge in [-0.25, -0.2) is 4.39 Å². The van der Waals surface area contributed by atoms with Crippen LogP contribution >= 0.6 is 12.4 Å². The van der Waals surface area contributed by atoms with E-state index in [0.29, 0.717) is 11.1 Å². The van der Waals surface area contributed by atoms with Crippen LogP contribution in [0.5, 0.6) is 0 Å². The highest BCUT2D eigenvalue weighted by Crippen LogP contribution is 2.28. The summed E-state index contributed by atoms with van der Waals surface area (Å²) in [5, 5.41) is 4.96. The summed E-state index contributed by atoms with van der Waals surface area (Å²) in [5.74, 6) is -2.28. The average Bonchev–Trinajstić information content (AvgIpc) is 2.46. The Bertz CT molecular complexity index is 516. The monoisotopic (exact) mass is 340 g/mol. The quantitative estimate of drug-likeness (QED) is 0.831. The van der Waals surface area contributed by atoms with Crippen LogP contribution in [0.2, 0.25) is 0 Å².